The number of carbonyl (C=O) groups is 1. The number of Topliss-reactive ketones (excluding diaryl/α,β-unsaturated/α-hetero) is 1. The van der Waals surface area contributed by atoms with Gasteiger partial charge in [0.25, 0.3) is 0 Å². The van der Waals surface area contributed by atoms with E-state index in [0.29, 0.717) is 17.4 Å². The van der Waals surface area contributed by atoms with Crippen LogP contribution in [0.4, 0.5) is 8.78 Å². The molecule has 3 atom stereocenters. The van der Waals surface area contributed by atoms with Gasteiger partial charge in [-0.15, -0.1) is 0 Å². The van der Waals surface area contributed by atoms with Crippen LogP contribution in [0.1, 0.15) is 38.7 Å². The summed E-state index contributed by atoms with van der Waals surface area (Å²) in [5.41, 5.74) is 0.303. The second-order valence-corrected chi connectivity index (χ2v) is 5.84. The van der Waals surface area contributed by atoms with Gasteiger partial charge in [-0.05, 0) is 42.7 Å². The largest absolute Gasteiger partial charge is 0.299 e. The van der Waals surface area contributed by atoms with Crippen LogP contribution in [0.25, 0.3) is 0 Å². The molecule has 0 aromatic heterocycles. The Balaban J connectivity index is 2.01. The van der Waals surface area contributed by atoms with Gasteiger partial charge in [0.05, 0.1) is 0 Å². The molecule has 2 rings (SSSR count). The predicted octanol–water partition coefficient (Wildman–Crippen LogP) is 4.15. The predicted molar refractivity (Wildman–Crippen MR) is 70.7 cm³/mol. The lowest BCUT2D eigenvalue weighted by atomic mass is 9.73. The lowest BCUT2D eigenvalue weighted by Crippen LogP contribution is -2.27. The highest BCUT2D eigenvalue weighted by atomic mass is 19.1. The van der Waals surface area contributed by atoms with E-state index in [4.69, 9.17) is 0 Å². The van der Waals surface area contributed by atoms with Gasteiger partial charge in [0, 0.05) is 18.4 Å². The lowest BCUT2D eigenvalue weighted by Gasteiger charge is -2.31. The molecule has 1 nitrogen and oxygen atoms in total. The van der Waals surface area contributed by atoms with E-state index in [2.05, 4.69) is 13.8 Å². The van der Waals surface area contributed by atoms with Crippen molar-refractivity contribution in [2.24, 2.45) is 17.8 Å². The van der Waals surface area contributed by atoms with Crippen molar-refractivity contribution in [3.63, 3.8) is 0 Å². The molecule has 0 amide bonds. The van der Waals surface area contributed by atoms with E-state index in [1.165, 1.54) is 12.1 Å². The van der Waals surface area contributed by atoms with Crippen molar-refractivity contribution in [3.05, 3.63) is 35.4 Å². The Morgan fingerprint density at radius 3 is 2.58 bits per heavy atom. The van der Waals surface area contributed by atoms with Gasteiger partial charge in [-0.2, -0.15) is 0 Å². The minimum atomic E-state index is -0.620. The summed E-state index contributed by atoms with van der Waals surface area (Å²) in [6.45, 7) is 4.38. The minimum Gasteiger partial charge on any atom is -0.299 e. The Morgan fingerprint density at radius 2 is 1.95 bits per heavy atom. The zero-order chi connectivity index (χ0) is 14.0. The molecule has 0 N–H and O–H groups in total. The zero-order valence-corrected chi connectivity index (χ0v) is 11.5. The molecule has 104 valence electrons. The molecule has 0 saturated heterocycles. The first-order chi connectivity index (χ1) is 8.97. The van der Waals surface area contributed by atoms with Crippen LogP contribution >= 0.6 is 0 Å². The monoisotopic (exact) mass is 266 g/mol. The second kappa shape index (κ2) is 5.81. The molecular formula is C16H20F2O. The number of rotatable bonds is 3. The normalized spacial score (nSPS) is 27.3. The third-order valence-electron chi connectivity index (χ3n) is 4.43. The van der Waals surface area contributed by atoms with E-state index < -0.39 is 11.6 Å². The number of hydrogen-bond acceptors (Lipinski definition) is 1. The molecular weight excluding hydrogens is 246 g/mol. The van der Waals surface area contributed by atoms with Gasteiger partial charge >= 0.3 is 0 Å². The lowest BCUT2D eigenvalue weighted by molar-refractivity contribution is -0.124. The van der Waals surface area contributed by atoms with E-state index in [0.717, 1.165) is 25.3 Å². The maximum absolute atomic E-state index is 13.5. The molecule has 1 saturated carbocycles. The average Bonchev–Trinajstić information content (AvgIpc) is 2.36. The summed E-state index contributed by atoms with van der Waals surface area (Å²) >= 11 is 0. The van der Waals surface area contributed by atoms with Crippen LogP contribution in [-0.2, 0) is 11.2 Å². The summed E-state index contributed by atoms with van der Waals surface area (Å²) in [7, 11) is 0. The van der Waals surface area contributed by atoms with E-state index >= 15 is 0 Å². The van der Waals surface area contributed by atoms with Gasteiger partial charge in [-0.1, -0.05) is 19.9 Å². The van der Waals surface area contributed by atoms with Gasteiger partial charge in [0.15, 0.2) is 0 Å². The molecule has 19 heavy (non-hydrogen) atoms. The fourth-order valence-corrected chi connectivity index (χ4v) is 2.84. The Hall–Kier alpha value is -1.25. The van der Waals surface area contributed by atoms with Crippen molar-refractivity contribution in [3.8, 4) is 0 Å². The van der Waals surface area contributed by atoms with Crippen molar-refractivity contribution in [1.82, 2.24) is 0 Å². The summed E-state index contributed by atoms with van der Waals surface area (Å²) < 4.78 is 26.3. The van der Waals surface area contributed by atoms with Crippen LogP contribution in [0.3, 0.4) is 0 Å². The number of benzene rings is 1. The zero-order valence-electron chi connectivity index (χ0n) is 11.5. The number of ketones is 1. The Bertz CT molecular complexity index is 470. The summed E-state index contributed by atoms with van der Waals surface area (Å²) in [6, 6.07) is 3.42. The molecule has 0 aliphatic heterocycles. The first-order valence-corrected chi connectivity index (χ1v) is 6.94. The molecule has 0 bridgehead atoms. The van der Waals surface area contributed by atoms with Crippen molar-refractivity contribution in [2.45, 2.75) is 39.5 Å². The molecule has 1 fully saturated rings. The Labute approximate surface area is 113 Å². The fraction of sp³-hybridized carbons (Fsp3) is 0.562. The Morgan fingerprint density at radius 1 is 1.21 bits per heavy atom. The maximum atomic E-state index is 13.5. The van der Waals surface area contributed by atoms with E-state index in [1.54, 1.807) is 0 Å². The van der Waals surface area contributed by atoms with Crippen LogP contribution in [0, 0.1) is 29.4 Å². The molecule has 0 heterocycles. The van der Waals surface area contributed by atoms with Crippen LogP contribution in [0.15, 0.2) is 18.2 Å². The Kier molecular flexibility index (Phi) is 4.33. The highest BCUT2D eigenvalue weighted by Crippen LogP contribution is 2.34. The molecule has 0 radical (unpaired) electrons. The smallest absolute Gasteiger partial charge is 0.140 e. The summed E-state index contributed by atoms with van der Waals surface area (Å²) in [5, 5.41) is 0. The fourth-order valence-electron chi connectivity index (χ4n) is 2.84. The van der Waals surface area contributed by atoms with Gasteiger partial charge in [0.1, 0.15) is 17.4 Å². The third kappa shape index (κ3) is 3.40. The second-order valence-electron chi connectivity index (χ2n) is 5.84. The molecule has 1 aromatic rings. The van der Waals surface area contributed by atoms with E-state index in [-0.39, 0.29) is 18.1 Å². The topological polar surface area (TPSA) is 17.1 Å². The standard InChI is InChI=1S/C16H20F2O/c1-10-3-4-13(7-11(10)2)16(19)8-12-5-6-14(17)9-15(12)18/h5-6,9-11,13H,3-4,7-8H2,1-2H3. The van der Waals surface area contributed by atoms with Crippen LogP contribution in [0.5, 0.6) is 0 Å². The number of halogens is 2. The highest BCUT2D eigenvalue weighted by Gasteiger charge is 2.29. The molecule has 0 spiro atoms. The summed E-state index contributed by atoms with van der Waals surface area (Å²) in [4.78, 5) is 12.2. The van der Waals surface area contributed by atoms with Crippen LogP contribution < -0.4 is 0 Å². The molecule has 3 heteroatoms. The van der Waals surface area contributed by atoms with Gasteiger partial charge in [0.2, 0.25) is 0 Å². The van der Waals surface area contributed by atoms with E-state index in [1.807, 2.05) is 0 Å². The number of hydrogen-bond donors (Lipinski definition) is 0. The van der Waals surface area contributed by atoms with Crippen molar-refractivity contribution in [2.75, 3.05) is 0 Å². The molecule has 1 aliphatic carbocycles. The summed E-state index contributed by atoms with van der Waals surface area (Å²) in [5.74, 6) is 0.103. The third-order valence-corrected chi connectivity index (χ3v) is 4.43. The first kappa shape index (κ1) is 14.2. The van der Waals surface area contributed by atoms with Crippen LogP contribution in [0.2, 0.25) is 0 Å². The molecule has 3 unspecified atom stereocenters. The van der Waals surface area contributed by atoms with Crippen molar-refractivity contribution >= 4 is 5.78 Å². The first-order valence-electron chi connectivity index (χ1n) is 6.94. The number of carbonyl (C=O) groups excluding carboxylic acids is 1. The van der Waals surface area contributed by atoms with Crippen LogP contribution in [-0.4, -0.2) is 5.78 Å². The van der Waals surface area contributed by atoms with Crippen molar-refractivity contribution < 1.29 is 13.6 Å². The van der Waals surface area contributed by atoms with Gasteiger partial charge < -0.3 is 0 Å². The quantitative estimate of drug-likeness (QED) is 0.803. The highest BCUT2D eigenvalue weighted by molar-refractivity contribution is 5.83. The SMILES string of the molecule is CC1CCC(C(=O)Cc2ccc(F)cc2F)CC1C. The summed E-state index contributed by atoms with van der Waals surface area (Å²) in [6.07, 6.45) is 2.93. The van der Waals surface area contributed by atoms with Gasteiger partial charge in [-0.3, -0.25) is 4.79 Å². The average molecular weight is 266 g/mol. The molecule has 1 aromatic carbocycles. The maximum Gasteiger partial charge on any atom is 0.140 e. The van der Waals surface area contributed by atoms with Crippen molar-refractivity contribution in [1.29, 1.82) is 0 Å². The minimum absolute atomic E-state index is 0.0376. The van der Waals surface area contributed by atoms with Gasteiger partial charge in [-0.25, -0.2) is 8.78 Å². The van der Waals surface area contributed by atoms with E-state index in [9.17, 15) is 13.6 Å². The molecule has 1 aliphatic rings.